The first-order chi connectivity index (χ1) is 12.2. The quantitative estimate of drug-likeness (QED) is 0.698. The summed E-state index contributed by atoms with van der Waals surface area (Å²) in [6, 6.07) is 15.7. The van der Waals surface area contributed by atoms with Gasteiger partial charge in [-0.15, -0.1) is 23.5 Å². The number of carbonyl (C=O) groups excluding carboxylic acids is 1. The van der Waals surface area contributed by atoms with E-state index < -0.39 is 0 Å². The van der Waals surface area contributed by atoms with Gasteiger partial charge in [0, 0.05) is 17.3 Å². The molecule has 0 saturated carbocycles. The minimum atomic E-state index is -0.178. The van der Waals surface area contributed by atoms with Crippen molar-refractivity contribution in [3.8, 4) is 0 Å². The molecule has 0 unspecified atom stereocenters. The summed E-state index contributed by atoms with van der Waals surface area (Å²) in [5, 5.41) is 6.54. The lowest BCUT2D eigenvalue weighted by atomic mass is 10.1. The van der Waals surface area contributed by atoms with Gasteiger partial charge in [-0.2, -0.15) is 0 Å². The molecule has 6 heteroatoms. The van der Waals surface area contributed by atoms with Gasteiger partial charge in [0.05, 0.1) is 4.58 Å². The maximum absolute atomic E-state index is 12.1. The number of urea groups is 1. The van der Waals surface area contributed by atoms with Gasteiger partial charge >= 0.3 is 6.03 Å². The third kappa shape index (κ3) is 5.87. The summed E-state index contributed by atoms with van der Waals surface area (Å²) in [6.07, 6.45) is 2.03. The molecule has 0 radical (unpaired) electrons. The molecule has 0 atom stereocenters. The molecule has 1 fully saturated rings. The van der Waals surface area contributed by atoms with Crippen LogP contribution in [-0.2, 0) is 6.42 Å². The lowest BCUT2D eigenvalue weighted by Crippen LogP contribution is -2.30. The highest BCUT2D eigenvalue weighted by Gasteiger charge is 2.16. The molecule has 0 aliphatic carbocycles. The number of hydrogen-bond acceptors (Lipinski definition) is 3. The van der Waals surface area contributed by atoms with Crippen molar-refractivity contribution in [3.63, 3.8) is 0 Å². The Hall–Kier alpha value is -1.30. The summed E-state index contributed by atoms with van der Waals surface area (Å²) >= 11 is 9.93. The number of thioether (sulfide) groups is 2. The second-order valence-corrected chi connectivity index (χ2v) is 8.97. The molecular weight excluding hydrogens is 372 g/mol. The van der Waals surface area contributed by atoms with Crippen molar-refractivity contribution < 1.29 is 4.79 Å². The number of nitrogens with one attached hydrogen (secondary N) is 2. The van der Waals surface area contributed by atoms with Crippen molar-refractivity contribution in [2.24, 2.45) is 0 Å². The zero-order chi connectivity index (χ0) is 17.5. The number of benzene rings is 2. The highest BCUT2D eigenvalue weighted by molar-refractivity contribution is 8.16. The van der Waals surface area contributed by atoms with Crippen LogP contribution in [0.4, 0.5) is 10.5 Å². The molecule has 0 aromatic heterocycles. The standard InChI is InChI=1S/C19H21ClN2OS2/c20-16-6-1-4-14(12-16)8-9-21-19(23)22-17-7-2-5-15(13-17)18-24-10-3-11-25-18/h1-2,4-7,12-13,18H,3,8-11H2,(H2,21,22,23). The van der Waals surface area contributed by atoms with Gasteiger partial charge in [0.25, 0.3) is 0 Å². The van der Waals surface area contributed by atoms with Crippen molar-refractivity contribution in [1.82, 2.24) is 5.32 Å². The first-order valence-electron chi connectivity index (χ1n) is 8.33. The monoisotopic (exact) mass is 392 g/mol. The van der Waals surface area contributed by atoms with Crippen LogP contribution in [0.15, 0.2) is 48.5 Å². The third-order valence-corrected chi connectivity index (χ3v) is 7.08. The average molecular weight is 393 g/mol. The van der Waals surface area contributed by atoms with E-state index in [9.17, 15) is 4.79 Å². The zero-order valence-corrected chi connectivity index (χ0v) is 16.2. The topological polar surface area (TPSA) is 41.1 Å². The maximum atomic E-state index is 12.1. The van der Waals surface area contributed by atoms with Crippen LogP contribution in [0.2, 0.25) is 5.02 Å². The highest BCUT2D eigenvalue weighted by Crippen LogP contribution is 2.43. The van der Waals surface area contributed by atoms with Crippen molar-refractivity contribution in [1.29, 1.82) is 0 Å². The van der Waals surface area contributed by atoms with Crippen molar-refractivity contribution in [2.45, 2.75) is 17.4 Å². The van der Waals surface area contributed by atoms with Crippen molar-refractivity contribution >= 4 is 46.8 Å². The van der Waals surface area contributed by atoms with E-state index in [1.54, 1.807) is 0 Å². The predicted molar refractivity (Wildman–Crippen MR) is 111 cm³/mol. The predicted octanol–water partition coefficient (Wildman–Crippen LogP) is 5.57. The van der Waals surface area contributed by atoms with Gasteiger partial charge in [0.2, 0.25) is 0 Å². The molecule has 1 saturated heterocycles. The summed E-state index contributed by atoms with van der Waals surface area (Å²) in [5.41, 5.74) is 3.22. The fourth-order valence-corrected chi connectivity index (χ4v) is 5.72. The van der Waals surface area contributed by atoms with Crippen molar-refractivity contribution in [2.75, 3.05) is 23.4 Å². The zero-order valence-electron chi connectivity index (χ0n) is 13.8. The van der Waals surface area contributed by atoms with Gasteiger partial charge in [0.1, 0.15) is 0 Å². The highest BCUT2D eigenvalue weighted by atomic mass is 35.5. The Bertz CT molecular complexity index is 720. The molecule has 1 aliphatic heterocycles. The van der Waals surface area contributed by atoms with Crippen LogP contribution < -0.4 is 10.6 Å². The van der Waals surface area contributed by atoms with Gasteiger partial charge in [-0.05, 0) is 59.7 Å². The number of anilines is 1. The molecular formula is C19H21ClN2OS2. The molecule has 2 amide bonds. The minimum absolute atomic E-state index is 0.178. The Kier molecular flexibility index (Phi) is 6.96. The lowest BCUT2D eigenvalue weighted by Gasteiger charge is -2.21. The molecule has 132 valence electrons. The number of carbonyl (C=O) groups is 1. The Morgan fingerprint density at radius 3 is 2.72 bits per heavy atom. The molecule has 2 N–H and O–H groups in total. The first kappa shape index (κ1) is 18.5. The van der Waals surface area contributed by atoms with E-state index in [0.29, 0.717) is 11.1 Å². The molecule has 1 heterocycles. The van der Waals surface area contributed by atoms with Crippen LogP contribution in [-0.4, -0.2) is 24.1 Å². The molecule has 25 heavy (non-hydrogen) atoms. The Labute approximate surface area is 162 Å². The van der Waals surface area contributed by atoms with Gasteiger partial charge in [-0.3, -0.25) is 0 Å². The maximum Gasteiger partial charge on any atom is 0.319 e. The Morgan fingerprint density at radius 2 is 1.92 bits per heavy atom. The Morgan fingerprint density at radius 1 is 1.12 bits per heavy atom. The summed E-state index contributed by atoms with van der Waals surface area (Å²) < 4.78 is 0.474. The Balaban J connectivity index is 1.49. The molecule has 2 aromatic rings. The molecule has 1 aliphatic rings. The number of hydrogen-bond donors (Lipinski definition) is 2. The SMILES string of the molecule is O=C(NCCc1cccc(Cl)c1)Nc1cccc(C2SCCCS2)c1. The second-order valence-electron chi connectivity index (χ2n) is 5.81. The normalized spacial score (nSPS) is 14.9. The van der Waals surface area contributed by atoms with Crippen LogP contribution in [0.25, 0.3) is 0 Å². The summed E-state index contributed by atoms with van der Waals surface area (Å²) in [7, 11) is 0. The van der Waals surface area contributed by atoms with Crippen LogP contribution in [0.1, 0.15) is 22.1 Å². The van der Waals surface area contributed by atoms with E-state index >= 15 is 0 Å². The van der Waals surface area contributed by atoms with E-state index in [2.05, 4.69) is 22.8 Å². The fraction of sp³-hybridized carbons (Fsp3) is 0.316. The van der Waals surface area contributed by atoms with Crippen LogP contribution in [0.3, 0.4) is 0 Å². The van der Waals surface area contributed by atoms with E-state index in [1.807, 2.05) is 59.9 Å². The lowest BCUT2D eigenvalue weighted by molar-refractivity contribution is 0.252. The molecule has 0 spiro atoms. The number of rotatable bonds is 5. The smallest absolute Gasteiger partial charge is 0.319 e. The summed E-state index contributed by atoms with van der Waals surface area (Å²) in [6.45, 7) is 0.570. The second kappa shape index (κ2) is 9.41. The fourth-order valence-electron chi connectivity index (χ4n) is 2.63. The summed E-state index contributed by atoms with van der Waals surface area (Å²) in [5.74, 6) is 2.42. The van der Waals surface area contributed by atoms with Crippen LogP contribution in [0.5, 0.6) is 0 Å². The molecule has 3 nitrogen and oxygen atoms in total. The largest absolute Gasteiger partial charge is 0.338 e. The average Bonchev–Trinajstić information content (AvgIpc) is 2.63. The first-order valence-corrected chi connectivity index (χ1v) is 10.8. The third-order valence-electron chi connectivity index (χ3n) is 3.83. The van der Waals surface area contributed by atoms with Gasteiger partial charge < -0.3 is 10.6 Å². The molecule has 3 rings (SSSR count). The van der Waals surface area contributed by atoms with E-state index in [0.717, 1.165) is 22.7 Å². The van der Waals surface area contributed by atoms with Crippen molar-refractivity contribution in [3.05, 3.63) is 64.7 Å². The summed E-state index contributed by atoms with van der Waals surface area (Å²) in [4.78, 5) is 12.1. The minimum Gasteiger partial charge on any atom is -0.338 e. The molecule has 2 aromatic carbocycles. The van der Waals surface area contributed by atoms with Gasteiger partial charge in [-0.1, -0.05) is 35.9 Å². The van der Waals surface area contributed by atoms with E-state index in [1.165, 1.54) is 23.5 Å². The van der Waals surface area contributed by atoms with E-state index in [4.69, 9.17) is 11.6 Å². The van der Waals surface area contributed by atoms with Gasteiger partial charge in [0.15, 0.2) is 0 Å². The van der Waals surface area contributed by atoms with Gasteiger partial charge in [-0.25, -0.2) is 4.79 Å². The van der Waals surface area contributed by atoms with Crippen LogP contribution in [0, 0.1) is 0 Å². The molecule has 0 bridgehead atoms. The number of amides is 2. The number of halogens is 1. The van der Waals surface area contributed by atoms with Crippen LogP contribution >= 0.6 is 35.1 Å². The van der Waals surface area contributed by atoms with E-state index in [-0.39, 0.29) is 6.03 Å².